The van der Waals surface area contributed by atoms with Crippen LogP contribution in [0.5, 0.6) is 0 Å². The zero-order valence-electron chi connectivity index (χ0n) is 12.5. The Bertz CT molecular complexity index is 467. The van der Waals surface area contributed by atoms with Gasteiger partial charge in [0.05, 0.1) is 0 Å². The normalized spacial score (nSPS) is 15.8. The molecule has 2 rings (SSSR count). The maximum Gasteiger partial charge on any atom is 0.225 e. The predicted octanol–water partition coefficient (Wildman–Crippen LogP) is 2.78. The summed E-state index contributed by atoms with van der Waals surface area (Å²) in [6.07, 6.45) is 5.73. The average Bonchev–Trinajstić information content (AvgIpc) is 2.93. The minimum atomic E-state index is 0.0720. The fraction of sp³-hybridized carbons (Fsp3) is 0.562. The number of hydrogen-bond donors (Lipinski definition) is 2. The van der Waals surface area contributed by atoms with Crippen molar-refractivity contribution in [1.82, 2.24) is 4.90 Å². The number of amides is 1. The Morgan fingerprint density at radius 3 is 2.75 bits per heavy atom. The Balaban J connectivity index is 1.80. The summed E-state index contributed by atoms with van der Waals surface area (Å²) in [5, 5.41) is 2.96. The summed E-state index contributed by atoms with van der Waals surface area (Å²) in [5.74, 6) is 0.0720. The molecular weight excluding hydrogens is 250 g/mol. The van der Waals surface area contributed by atoms with E-state index in [-0.39, 0.29) is 5.91 Å². The smallest absolute Gasteiger partial charge is 0.225 e. The summed E-state index contributed by atoms with van der Waals surface area (Å²) in [6.45, 7) is 2.78. The van der Waals surface area contributed by atoms with Gasteiger partial charge >= 0.3 is 0 Å². The molecule has 3 N–H and O–H groups in total. The van der Waals surface area contributed by atoms with Crippen LogP contribution in [-0.2, 0) is 4.79 Å². The summed E-state index contributed by atoms with van der Waals surface area (Å²) < 4.78 is 0. The summed E-state index contributed by atoms with van der Waals surface area (Å²) >= 11 is 0. The molecule has 1 fully saturated rings. The third-order valence-electron chi connectivity index (χ3n) is 4.16. The molecule has 0 unspecified atom stereocenters. The molecule has 0 heterocycles. The maximum absolute atomic E-state index is 12.0. The van der Waals surface area contributed by atoms with E-state index >= 15 is 0 Å². The van der Waals surface area contributed by atoms with Gasteiger partial charge in [0.2, 0.25) is 5.91 Å². The molecule has 1 aliphatic carbocycles. The van der Waals surface area contributed by atoms with Crippen molar-refractivity contribution in [3.63, 3.8) is 0 Å². The first-order valence-electron chi connectivity index (χ1n) is 7.42. The lowest BCUT2D eigenvalue weighted by atomic mass is 10.1. The van der Waals surface area contributed by atoms with Gasteiger partial charge in [0.25, 0.3) is 0 Å². The van der Waals surface area contributed by atoms with E-state index in [1.165, 1.54) is 25.7 Å². The Labute approximate surface area is 121 Å². The van der Waals surface area contributed by atoms with Gasteiger partial charge in [-0.15, -0.1) is 0 Å². The van der Waals surface area contributed by atoms with Gasteiger partial charge in [0, 0.05) is 30.4 Å². The van der Waals surface area contributed by atoms with Gasteiger partial charge in [0.1, 0.15) is 0 Å². The molecule has 0 aliphatic heterocycles. The molecule has 1 amide bonds. The number of carbonyl (C=O) groups excluding carboxylic acids is 1. The van der Waals surface area contributed by atoms with Crippen LogP contribution in [0.25, 0.3) is 0 Å². The van der Waals surface area contributed by atoms with Crippen LogP contribution in [0, 0.1) is 6.92 Å². The fourth-order valence-corrected chi connectivity index (χ4v) is 2.85. The number of aryl methyl sites for hydroxylation is 1. The summed E-state index contributed by atoms with van der Waals surface area (Å²) in [5.41, 5.74) is 8.29. The number of nitrogens with zero attached hydrogens (tertiary/aromatic N) is 1. The molecule has 20 heavy (non-hydrogen) atoms. The van der Waals surface area contributed by atoms with Crippen LogP contribution in [0.15, 0.2) is 18.2 Å². The summed E-state index contributed by atoms with van der Waals surface area (Å²) in [6, 6.07) is 6.22. The lowest BCUT2D eigenvalue weighted by Gasteiger charge is -2.23. The van der Waals surface area contributed by atoms with Gasteiger partial charge in [0.15, 0.2) is 0 Å². The molecule has 0 saturated heterocycles. The van der Waals surface area contributed by atoms with E-state index in [2.05, 4.69) is 17.3 Å². The number of nitrogens with one attached hydrogen (secondary N) is 1. The highest BCUT2D eigenvalue weighted by Crippen LogP contribution is 2.22. The minimum absolute atomic E-state index is 0.0720. The van der Waals surface area contributed by atoms with E-state index in [1.807, 2.05) is 25.1 Å². The highest BCUT2D eigenvalue weighted by atomic mass is 16.1. The molecule has 1 aromatic carbocycles. The number of nitrogens with two attached hydrogens (primary N) is 1. The van der Waals surface area contributed by atoms with Crippen molar-refractivity contribution in [2.45, 2.75) is 45.1 Å². The SMILES string of the molecule is Cc1cc(N)ccc1NC(=O)CCN(C)C1CCCC1. The van der Waals surface area contributed by atoms with Crippen LogP contribution in [0.1, 0.15) is 37.7 Å². The van der Waals surface area contributed by atoms with Crippen molar-refractivity contribution in [1.29, 1.82) is 0 Å². The molecular formula is C16H25N3O. The highest BCUT2D eigenvalue weighted by molar-refractivity contribution is 5.91. The second-order valence-corrected chi connectivity index (χ2v) is 5.79. The number of carbonyl (C=O) groups is 1. The van der Waals surface area contributed by atoms with Crippen LogP contribution >= 0.6 is 0 Å². The molecule has 1 aliphatic rings. The Morgan fingerprint density at radius 1 is 1.40 bits per heavy atom. The molecule has 4 nitrogen and oxygen atoms in total. The van der Waals surface area contributed by atoms with Crippen molar-refractivity contribution < 1.29 is 4.79 Å². The van der Waals surface area contributed by atoms with Crippen LogP contribution in [0.4, 0.5) is 11.4 Å². The quantitative estimate of drug-likeness (QED) is 0.812. The molecule has 0 aromatic heterocycles. The van der Waals surface area contributed by atoms with E-state index < -0.39 is 0 Å². The first-order valence-corrected chi connectivity index (χ1v) is 7.42. The Hall–Kier alpha value is -1.55. The number of nitrogen functional groups attached to an aromatic ring is 1. The minimum Gasteiger partial charge on any atom is -0.399 e. The fourth-order valence-electron chi connectivity index (χ4n) is 2.85. The third-order valence-corrected chi connectivity index (χ3v) is 4.16. The van der Waals surface area contributed by atoms with Crippen LogP contribution in [0.2, 0.25) is 0 Å². The molecule has 110 valence electrons. The zero-order chi connectivity index (χ0) is 14.5. The van der Waals surface area contributed by atoms with Gasteiger partial charge in [-0.3, -0.25) is 4.79 Å². The van der Waals surface area contributed by atoms with Crippen LogP contribution in [-0.4, -0.2) is 30.4 Å². The molecule has 0 atom stereocenters. The van der Waals surface area contributed by atoms with Gasteiger partial charge in [-0.25, -0.2) is 0 Å². The molecule has 4 heteroatoms. The van der Waals surface area contributed by atoms with Crippen molar-refractivity contribution in [2.24, 2.45) is 0 Å². The zero-order valence-corrected chi connectivity index (χ0v) is 12.5. The first kappa shape index (κ1) is 14.9. The van der Waals surface area contributed by atoms with E-state index in [1.54, 1.807) is 0 Å². The second kappa shape index (κ2) is 6.75. The summed E-state index contributed by atoms with van der Waals surface area (Å²) in [4.78, 5) is 14.3. The van der Waals surface area contributed by atoms with Gasteiger partial charge in [-0.1, -0.05) is 12.8 Å². The third kappa shape index (κ3) is 3.97. The second-order valence-electron chi connectivity index (χ2n) is 5.79. The van der Waals surface area contributed by atoms with Crippen molar-refractivity contribution in [2.75, 3.05) is 24.6 Å². The molecule has 0 bridgehead atoms. The standard InChI is InChI=1S/C16H25N3O/c1-12-11-13(17)7-8-15(12)18-16(20)9-10-19(2)14-5-3-4-6-14/h7-8,11,14H,3-6,9-10,17H2,1-2H3,(H,18,20). The predicted molar refractivity (Wildman–Crippen MR) is 83.7 cm³/mol. The molecule has 0 spiro atoms. The number of rotatable bonds is 5. The molecule has 1 saturated carbocycles. The van der Waals surface area contributed by atoms with Crippen molar-refractivity contribution >= 4 is 17.3 Å². The Morgan fingerprint density at radius 2 is 2.10 bits per heavy atom. The maximum atomic E-state index is 12.0. The lowest BCUT2D eigenvalue weighted by Crippen LogP contribution is -2.32. The van der Waals surface area contributed by atoms with E-state index in [0.717, 1.165) is 23.5 Å². The van der Waals surface area contributed by atoms with Crippen molar-refractivity contribution in [3.8, 4) is 0 Å². The molecule has 0 radical (unpaired) electrons. The van der Waals surface area contributed by atoms with Crippen LogP contribution < -0.4 is 11.1 Å². The number of benzene rings is 1. The highest BCUT2D eigenvalue weighted by Gasteiger charge is 2.19. The lowest BCUT2D eigenvalue weighted by molar-refractivity contribution is -0.116. The summed E-state index contributed by atoms with van der Waals surface area (Å²) in [7, 11) is 2.12. The average molecular weight is 275 g/mol. The monoisotopic (exact) mass is 275 g/mol. The molecule has 1 aromatic rings. The number of hydrogen-bond acceptors (Lipinski definition) is 3. The van der Waals surface area contributed by atoms with Gasteiger partial charge < -0.3 is 16.0 Å². The van der Waals surface area contributed by atoms with Crippen LogP contribution in [0.3, 0.4) is 0 Å². The topological polar surface area (TPSA) is 58.4 Å². The van der Waals surface area contributed by atoms with Crippen molar-refractivity contribution in [3.05, 3.63) is 23.8 Å². The van der Waals surface area contributed by atoms with Gasteiger partial charge in [-0.05, 0) is 50.6 Å². The Kier molecular flexibility index (Phi) is 5.01. The van der Waals surface area contributed by atoms with E-state index in [4.69, 9.17) is 5.73 Å². The van der Waals surface area contributed by atoms with E-state index in [9.17, 15) is 4.79 Å². The first-order chi connectivity index (χ1) is 9.56. The van der Waals surface area contributed by atoms with Gasteiger partial charge in [-0.2, -0.15) is 0 Å². The number of anilines is 2. The van der Waals surface area contributed by atoms with E-state index in [0.29, 0.717) is 12.5 Å². The largest absolute Gasteiger partial charge is 0.399 e.